The Morgan fingerprint density at radius 1 is 1.17 bits per heavy atom. The lowest BCUT2D eigenvalue weighted by Crippen LogP contribution is -2.26. The molecule has 0 aliphatic carbocycles. The van der Waals surface area contributed by atoms with Crippen LogP contribution in [-0.4, -0.2) is 28.9 Å². The van der Waals surface area contributed by atoms with Gasteiger partial charge in [-0.2, -0.15) is 5.10 Å². The van der Waals surface area contributed by atoms with Gasteiger partial charge in [0.15, 0.2) is 0 Å². The summed E-state index contributed by atoms with van der Waals surface area (Å²) in [7, 11) is 0. The summed E-state index contributed by atoms with van der Waals surface area (Å²) in [6.45, 7) is 3.76. The number of hydrogen-bond donors (Lipinski definition) is 4. The topological polar surface area (TPSA) is 94.0 Å². The highest BCUT2D eigenvalue weighted by Gasteiger charge is 2.05. The lowest BCUT2D eigenvalue weighted by molar-refractivity contribution is -0.119. The van der Waals surface area contributed by atoms with Gasteiger partial charge in [0.05, 0.1) is 12.8 Å². The predicted octanol–water partition coefficient (Wildman–Crippen LogP) is 2.28. The van der Waals surface area contributed by atoms with E-state index in [-0.39, 0.29) is 24.0 Å². The molecule has 0 spiro atoms. The third kappa shape index (κ3) is 4.47. The molecule has 2 aromatic rings. The molecule has 0 heterocycles. The van der Waals surface area contributed by atoms with Gasteiger partial charge in [-0.3, -0.25) is 4.79 Å². The monoisotopic (exact) mass is 313 g/mol. The molecule has 0 aliphatic rings. The summed E-state index contributed by atoms with van der Waals surface area (Å²) >= 11 is 0. The number of nitrogens with one attached hydrogen (secondary N) is 2. The second kappa shape index (κ2) is 7.31. The minimum Gasteiger partial charge on any atom is -0.508 e. The van der Waals surface area contributed by atoms with Crippen molar-refractivity contribution in [3.8, 4) is 11.5 Å². The third-order valence-corrected chi connectivity index (χ3v) is 3.32. The number of amides is 1. The minimum atomic E-state index is -0.305. The van der Waals surface area contributed by atoms with Crippen LogP contribution in [0.25, 0.3) is 0 Å². The molecule has 23 heavy (non-hydrogen) atoms. The first kappa shape index (κ1) is 16.4. The Balaban J connectivity index is 1.91. The molecule has 0 radical (unpaired) electrons. The quantitative estimate of drug-likeness (QED) is 0.503. The largest absolute Gasteiger partial charge is 0.508 e. The molecular formula is C17H19N3O3. The summed E-state index contributed by atoms with van der Waals surface area (Å²) in [5, 5.41) is 25.9. The molecule has 0 fully saturated rings. The van der Waals surface area contributed by atoms with Gasteiger partial charge in [-0.25, -0.2) is 5.43 Å². The van der Waals surface area contributed by atoms with Crippen molar-refractivity contribution in [1.82, 2.24) is 5.43 Å². The molecule has 120 valence electrons. The lowest BCUT2D eigenvalue weighted by Gasteiger charge is -2.08. The van der Waals surface area contributed by atoms with Gasteiger partial charge in [0.2, 0.25) is 0 Å². The Labute approximate surface area is 134 Å². The molecule has 0 atom stereocenters. The van der Waals surface area contributed by atoms with E-state index >= 15 is 0 Å². The molecule has 6 nitrogen and oxygen atoms in total. The zero-order valence-corrected chi connectivity index (χ0v) is 13.0. The number of hydrogen-bond acceptors (Lipinski definition) is 5. The van der Waals surface area contributed by atoms with Gasteiger partial charge in [-0.15, -0.1) is 0 Å². The number of rotatable bonds is 5. The summed E-state index contributed by atoms with van der Waals surface area (Å²) in [4.78, 5) is 11.8. The number of anilines is 1. The van der Waals surface area contributed by atoms with Gasteiger partial charge in [0, 0.05) is 17.3 Å². The van der Waals surface area contributed by atoms with Crippen molar-refractivity contribution in [2.24, 2.45) is 5.10 Å². The third-order valence-electron chi connectivity index (χ3n) is 3.32. The van der Waals surface area contributed by atoms with Crippen molar-refractivity contribution in [3.63, 3.8) is 0 Å². The van der Waals surface area contributed by atoms with Crippen molar-refractivity contribution < 1.29 is 15.0 Å². The predicted molar refractivity (Wildman–Crippen MR) is 89.9 cm³/mol. The average Bonchev–Trinajstić information content (AvgIpc) is 2.49. The van der Waals surface area contributed by atoms with Gasteiger partial charge in [0.25, 0.3) is 5.91 Å². The van der Waals surface area contributed by atoms with E-state index in [0.717, 1.165) is 11.3 Å². The summed E-state index contributed by atoms with van der Waals surface area (Å²) in [5.41, 5.74) is 5.41. The lowest BCUT2D eigenvalue weighted by atomic mass is 10.1. The summed E-state index contributed by atoms with van der Waals surface area (Å²) in [5.74, 6) is -0.428. The molecular weight excluding hydrogens is 294 g/mol. The molecule has 6 heteroatoms. The van der Waals surface area contributed by atoms with Crippen LogP contribution in [0.1, 0.15) is 16.7 Å². The van der Waals surface area contributed by atoms with Gasteiger partial charge in [-0.1, -0.05) is 18.2 Å². The molecule has 2 rings (SSSR count). The molecule has 0 aliphatic heterocycles. The van der Waals surface area contributed by atoms with Crippen LogP contribution in [0.2, 0.25) is 0 Å². The summed E-state index contributed by atoms with van der Waals surface area (Å²) < 4.78 is 0. The van der Waals surface area contributed by atoms with Crippen molar-refractivity contribution in [2.45, 2.75) is 13.8 Å². The molecule has 4 N–H and O–H groups in total. The fraction of sp³-hybridized carbons (Fsp3) is 0.176. The van der Waals surface area contributed by atoms with Gasteiger partial charge >= 0.3 is 0 Å². The Kier molecular flexibility index (Phi) is 5.19. The second-order valence-electron chi connectivity index (χ2n) is 5.16. The van der Waals surface area contributed by atoms with E-state index in [9.17, 15) is 15.0 Å². The number of aryl methyl sites for hydroxylation is 2. The first-order valence-corrected chi connectivity index (χ1v) is 7.11. The average molecular weight is 313 g/mol. The number of aromatic hydroxyl groups is 2. The van der Waals surface area contributed by atoms with Gasteiger partial charge in [0.1, 0.15) is 11.5 Å². The maximum absolute atomic E-state index is 11.8. The van der Waals surface area contributed by atoms with Crippen LogP contribution < -0.4 is 10.7 Å². The minimum absolute atomic E-state index is 0.0244. The molecule has 0 saturated carbocycles. The van der Waals surface area contributed by atoms with E-state index in [0.29, 0.717) is 11.1 Å². The Bertz CT molecular complexity index is 719. The first-order chi connectivity index (χ1) is 11.0. The maximum Gasteiger partial charge on any atom is 0.259 e. The van der Waals surface area contributed by atoms with E-state index in [1.807, 2.05) is 31.2 Å². The highest BCUT2D eigenvalue weighted by atomic mass is 16.3. The van der Waals surface area contributed by atoms with E-state index in [1.54, 1.807) is 6.92 Å². The van der Waals surface area contributed by atoms with Gasteiger partial charge < -0.3 is 15.5 Å². The molecule has 0 saturated heterocycles. The Morgan fingerprint density at radius 2 is 1.91 bits per heavy atom. The smallest absolute Gasteiger partial charge is 0.259 e. The van der Waals surface area contributed by atoms with E-state index < -0.39 is 0 Å². The molecule has 0 aromatic heterocycles. The van der Waals surface area contributed by atoms with Crippen LogP contribution in [0.5, 0.6) is 11.5 Å². The molecule has 0 bridgehead atoms. The van der Waals surface area contributed by atoms with E-state index in [1.165, 1.54) is 18.3 Å². The number of benzene rings is 2. The number of carbonyl (C=O) groups excluding carboxylic acids is 1. The van der Waals surface area contributed by atoms with Crippen molar-refractivity contribution >= 4 is 17.8 Å². The standard InChI is InChI=1S/C17H19N3O3/c1-11-5-3-4-6-15(11)18-10-17(23)20-19-9-14-12(2)7-13(21)8-16(14)22/h3-9,18,21-22H,10H2,1-2H3,(H,20,23)/b19-9+. The van der Waals surface area contributed by atoms with Crippen LogP contribution in [0.15, 0.2) is 41.5 Å². The van der Waals surface area contributed by atoms with E-state index in [2.05, 4.69) is 15.8 Å². The fourth-order valence-corrected chi connectivity index (χ4v) is 2.08. The fourth-order valence-electron chi connectivity index (χ4n) is 2.08. The number of para-hydroxylation sites is 1. The normalized spacial score (nSPS) is 10.7. The van der Waals surface area contributed by atoms with Crippen LogP contribution in [-0.2, 0) is 4.79 Å². The zero-order chi connectivity index (χ0) is 16.8. The number of phenols is 2. The Morgan fingerprint density at radius 3 is 2.61 bits per heavy atom. The van der Waals surface area contributed by atoms with Crippen molar-refractivity contribution in [1.29, 1.82) is 0 Å². The highest BCUT2D eigenvalue weighted by Crippen LogP contribution is 2.24. The molecule has 1 amide bonds. The highest BCUT2D eigenvalue weighted by molar-refractivity contribution is 5.87. The van der Waals surface area contributed by atoms with Crippen molar-refractivity contribution in [2.75, 3.05) is 11.9 Å². The number of carbonyl (C=O) groups is 1. The van der Waals surface area contributed by atoms with Crippen LogP contribution in [0.4, 0.5) is 5.69 Å². The summed E-state index contributed by atoms with van der Waals surface area (Å²) in [6.07, 6.45) is 1.34. The summed E-state index contributed by atoms with van der Waals surface area (Å²) in [6, 6.07) is 10.4. The molecule has 2 aromatic carbocycles. The van der Waals surface area contributed by atoms with E-state index in [4.69, 9.17) is 0 Å². The molecule has 0 unspecified atom stereocenters. The van der Waals surface area contributed by atoms with Crippen LogP contribution in [0, 0.1) is 13.8 Å². The SMILES string of the molecule is Cc1ccccc1NCC(=O)N/N=C/c1c(C)cc(O)cc1O. The number of nitrogens with zero attached hydrogens (tertiary/aromatic N) is 1. The Hall–Kier alpha value is -3.02. The van der Waals surface area contributed by atoms with Crippen LogP contribution >= 0.6 is 0 Å². The first-order valence-electron chi connectivity index (χ1n) is 7.11. The van der Waals surface area contributed by atoms with Crippen molar-refractivity contribution in [3.05, 3.63) is 53.1 Å². The number of hydrazone groups is 1. The number of phenolic OH excluding ortho intramolecular Hbond substituents is 2. The zero-order valence-electron chi connectivity index (χ0n) is 13.0. The van der Waals surface area contributed by atoms with Gasteiger partial charge in [-0.05, 0) is 37.1 Å². The maximum atomic E-state index is 11.8. The second-order valence-corrected chi connectivity index (χ2v) is 5.16. The van der Waals surface area contributed by atoms with Crippen LogP contribution in [0.3, 0.4) is 0 Å².